The fourth-order valence-electron chi connectivity index (χ4n) is 2.80. The van der Waals surface area contributed by atoms with Crippen molar-refractivity contribution in [1.82, 2.24) is 0 Å². The van der Waals surface area contributed by atoms with Gasteiger partial charge in [0, 0.05) is 12.0 Å². The zero-order chi connectivity index (χ0) is 15.2. The van der Waals surface area contributed by atoms with Crippen LogP contribution in [0.4, 0.5) is 0 Å². The number of hydrogen-bond acceptors (Lipinski definition) is 5. The molecule has 0 aliphatic carbocycles. The third-order valence-electron chi connectivity index (χ3n) is 3.87. The van der Waals surface area contributed by atoms with Crippen LogP contribution in [0.5, 0.6) is 0 Å². The molecular weight excluding hydrogens is 272 g/mol. The second-order valence-corrected chi connectivity index (χ2v) is 6.13. The summed E-state index contributed by atoms with van der Waals surface area (Å²) in [6, 6.07) is 7.12. The molecule has 0 spiro atoms. The quantitative estimate of drug-likeness (QED) is 0.861. The standard InChI is InChI=1S/C16H20O5/c1-9-4-6-10(7-5-9)13(17)14(18)11-8-12-15(19-11)21-16(2,3)20-12/h4-7,11-12,14-15,18H,8H2,1-3H3/t11-,12-,14?,15-/m1/s1. The van der Waals surface area contributed by atoms with E-state index in [0.29, 0.717) is 12.0 Å². The van der Waals surface area contributed by atoms with E-state index in [1.807, 2.05) is 32.9 Å². The number of benzene rings is 1. The van der Waals surface area contributed by atoms with Gasteiger partial charge in [0.15, 0.2) is 17.9 Å². The highest BCUT2D eigenvalue weighted by Crippen LogP contribution is 2.38. The number of carbonyl (C=O) groups excluding carboxylic acids is 1. The summed E-state index contributed by atoms with van der Waals surface area (Å²) in [5.74, 6) is -1.01. The summed E-state index contributed by atoms with van der Waals surface area (Å²) in [7, 11) is 0. The minimum atomic E-state index is -1.20. The summed E-state index contributed by atoms with van der Waals surface area (Å²) >= 11 is 0. The fraction of sp³-hybridized carbons (Fsp3) is 0.562. The molecule has 1 aromatic carbocycles. The summed E-state index contributed by atoms with van der Waals surface area (Å²) in [5.41, 5.74) is 1.55. The Labute approximate surface area is 123 Å². The molecule has 1 aromatic rings. The molecule has 114 valence electrons. The highest BCUT2D eigenvalue weighted by molar-refractivity contribution is 5.99. The highest BCUT2D eigenvalue weighted by atomic mass is 16.8. The summed E-state index contributed by atoms with van der Waals surface area (Å²) in [4.78, 5) is 12.3. The van der Waals surface area contributed by atoms with Gasteiger partial charge in [0.25, 0.3) is 0 Å². The normalized spacial score (nSPS) is 31.9. The summed E-state index contributed by atoms with van der Waals surface area (Å²) in [5, 5.41) is 10.2. The van der Waals surface area contributed by atoms with Crippen molar-refractivity contribution in [3.05, 3.63) is 35.4 Å². The van der Waals surface area contributed by atoms with E-state index >= 15 is 0 Å². The summed E-state index contributed by atoms with van der Waals surface area (Å²) < 4.78 is 16.9. The van der Waals surface area contributed by atoms with Gasteiger partial charge in [-0.1, -0.05) is 29.8 Å². The third-order valence-corrected chi connectivity index (χ3v) is 3.87. The lowest BCUT2D eigenvalue weighted by atomic mass is 9.99. The minimum Gasteiger partial charge on any atom is -0.382 e. The first-order valence-electron chi connectivity index (χ1n) is 7.16. The molecule has 0 radical (unpaired) electrons. The molecule has 2 heterocycles. The molecule has 0 aromatic heterocycles. The maximum absolute atomic E-state index is 12.3. The Balaban J connectivity index is 1.66. The first-order valence-corrected chi connectivity index (χ1v) is 7.16. The molecule has 2 saturated heterocycles. The summed E-state index contributed by atoms with van der Waals surface area (Å²) in [6.07, 6.45) is -2.08. The van der Waals surface area contributed by atoms with Crippen molar-refractivity contribution >= 4 is 5.78 Å². The van der Waals surface area contributed by atoms with Crippen LogP contribution in [0.15, 0.2) is 24.3 Å². The van der Waals surface area contributed by atoms with Crippen LogP contribution in [0.3, 0.4) is 0 Å². The van der Waals surface area contributed by atoms with E-state index in [2.05, 4.69) is 0 Å². The molecule has 1 N–H and O–H groups in total. The van der Waals surface area contributed by atoms with Gasteiger partial charge in [-0.3, -0.25) is 4.79 Å². The van der Waals surface area contributed by atoms with Crippen LogP contribution >= 0.6 is 0 Å². The number of Topliss-reactive ketones (excluding diaryl/α,β-unsaturated/α-hetero) is 1. The van der Waals surface area contributed by atoms with Crippen molar-refractivity contribution in [2.24, 2.45) is 0 Å². The number of rotatable bonds is 3. The molecule has 4 atom stereocenters. The van der Waals surface area contributed by atoms with Gasteiger partial charge in [-0.05, 0) is 20.8 Å². The van der Waals surface area contributed by atoms with E-state index in [9.17, 15) is 9.90 Å². The predicted octanol–water partition coefficient (Wildman–Crippen LogP) is 1.81. The monoisotopic (exact) mass is 292 g/mol. The smallest absolute Gasteiger partial charge is 0.193 e. The SMILES string of the molecule is Cc1ccc(C(=O)C(O)[C@H]2C[C@H]3OC(C)(C)O[C@H]3O2)cc1. The number of carbonyl (C=O) groups is 1. The van der Waals surface area contributed by atoms with Crippen LogP contribution in [0.25, 0.3) is 0 Å². The number of hydrogen-bond donors (Lipinski definition) is 1. The van der Waals surface area contributed by atoms with Crippen LogP contribution in [-0.4, -0.2) is 41.3 Å². The Morgan fingerprint density at radius 2 is 1.95 bits per heavy atom. The third kappa shape index (κ3) is 2.87. The molecule has 3 rings (SSSR count). The second-order valence-electron chi connectivity index (χ2n) is 6.13. The first kappa shape index (κ1) is 14.7. The maximum Gasteiger partial charge on any atom is 0.193 e. The second kappa shape index (κ2) is 5.18. The van der Waals surface area contributed by atoms with Crippen LogP contribution in [0.1, 0.15) is 36.2 Å². The number of fused-ring (bicyclic) bond motifs is 1. The van der Waals surface area contributed by atoms with Crippen molar-refractivity contribution in [1.29, 1.82) is 0 Å². The number of aryl methyl sites for hydroxylation is 1. The van der Waals surface area contributed by atoms with Gasteiger partial charge in [-0.25, -0.2) is 0 Å². The molecule has 0 amide bonds. The molecule has 5 heteroatoms. The van der Waals surface area contributed by atoms with Crippen LogP contribution in [0.2, 0.25) is 0 Å². The Bertz CT molecular complexity index is 520. The van der Waals surface area contributed by atoms with Crippen molar-refractivity contribution in [3.63, 3.8) is 0 Å². The maximum atomic E-state index is 12.3. The van der Waals surface area contributed by atoms with Gasteiger partial charge in [0.2, 0.25) is 0 Å². The van der Waals surface area contributed by atoms with Crippen molar-refractivity contribution in [3.8, 4) is 0 Å². The topological polar surface area (TPSA) is 65.0 Å². The van der Waals surface area contributed by atoms with Crippen LogP contribution < -0.4 is 0 Å². The molecule has 1 unspecified atom stereocenters. The van der Waals surface area contributed by atoms with Crippen LogP contribution in [-0.2, 0) is 14.2 Å². The largest absolute Gasteiger partial charge is 0.382 e. The number of ketones is 1. The average molecular weight is 292 g/mol. The molecule has 2 fully saturated rings. The lowest BCUT2D eigenvalue weighted by molar-refractivity contribution is -0.211. The van der Waals surface area contributed by atoms with Crippen molar-refractivity contribution in [2.45, 2.75) is 57.6 Å². The average Bonchev–Trinajstić information content (AvgIpc) is 2.91. The molecule has 5 nitrogen and oxygen atoms in total. The van der Waals surface area contributed by atoms with Crippen LogP contribution in [0, 0.1) is 6.92 Å². The minimum absolute atomic E-state index is 0.231. The van der Waals surface area contributed by atoms with Gasteiger partial charge in [-0.15, -0.1) is 0 Å². The van der Waals surface area contributed by atoms with E-state index in [0.717, 1.165) is 5.56 Å². The highest BCUT2D eigenvalue weighted by Gasteiger charge is 2.51. The Kier molecular flexibility index (Phi) is 3.61. The molecular formula is C16H20O5. The van der Waals surface area contributed by atoms with Gasteiger partial charge < -0.3 is 19.3 Å². The lowest BCUT2D eigenvalue weighted by Crippen LogP contribution is -2.36. The number of aliphatic hydroxyl groups is 1. The molecule has 2 aliphatic heterocycles. The fourth-order valence-corrected chi connectivity index (χ4v) is 2.80. The predicted molar refractivity (Wildman–Crippen MR) is 74.8 cm³/mol. The van der Waals surface area contributed by atoms with E-state index in [1.54, 1.807) is 12.1 Å². The molecule has 2 aliphatic rings. The van der Waals surface area contributed by atoms with E-state index < -0.39 is 24.3 Å². The Morgan fingerprint density at radius 3 is 2.57 bits per heavy atom. The van der Waals surface area contributed by atoms with Crippen molar-refractivity contribution < 1.29 is 24.1 Å². The van der Waals surface area contributed by atoms with Gasteiger partial charge in [-0.2, -0.15) is 0 Å². The zero-order valence-electron chi connectivity index (χ0n) is 12.4. The van der Waals surface area contributed by atoms with E-state index in [4.69, 9.17) is 14.2 Å². The zero-order valence-corrected chi connectivity index (χ0v) is 12.4. The van der Waals surface area contributed by atoms with Crippen molar-refractivity contribution in [2.75, 3.05) is 0 Å². The molecule has 0 saturated carbocycles. The molecule has 0 bridgehead atoms. The van der Waals surface area contributed by atoms with Gasteiger partial charge in [0.05, 0.1) is 6.10 Å². The number of ether oxygens (including phenoxy) is 3. The number of aliphatic hydroxyl groups excluding tert-OH is 1. The summed E-state index contributed by atoms with van der Waals surface area (Å²) in [6.45, 7) is 5.58. The van der Waals surface area contributed by atoms with E-state index in [1.165, 1.54) is 0 Å². The molecule has 21 heavy (non-hydrogen) atoms. The Hall–Kier alpha value is -1.27. The lowest BCUT2D eigenvalue weighted by Gasteiger charge is -2.22. The van der Waals surface area contributed by atoms with E-state index in [-0.39, 0.29) is 11.9 Å². The first-order chi connectivity index (χ1) is 9.85. The van der Waals surface area contributed by atoms with Gasteiger partial charge in [0.1, 0.15) is 12.2 Å². The Morgan fingerprint density at radius 1 is 1.29 bits per heavy atom. The van der Waals surface area contributed by atoms with Gasteiger partial charge >= 0.3 is 0 Å².